The molecule has 0 radical (unpaired) electrons. The van der Waals surface area contributed by atoms with Crippen molar-refractivity contribution in [3.8, 4) is 0 Å². The lowest BCUT2D eigenvalue weighted by Crippen LogP contribution is -2.16. The molecule has 0 saturated heterocycles. The number of hydrogen-bond donors (Lipinski definition) is 2. The van der Waals surface area contributed by atoms with Crippen molar-refractivity contribution in [2.75, 3.05) is 17.7 Å². The highest BCUT2D eigenvalue weighted by Crippen LogP contribution is 2.23. The Kier molecular flexibility index (Phi) is 5.87. The van der Waals surface area contributed by atoms with Gasteiger partial charge in [0.2, 0.25) is 0 Å². The van der Waals surface area contributed by atoms with Crippen LogP contribution in [-0.4, -0.2) is 29.2 Å². The van der Waals surface area contributed by atoms with E-state index in [-0.39, 0.29) is 11.6 Å². The van der Waals surface area contributed by atoms with Crippen molar-refractivity contribution in [3.63, 3.8) is 0 Å². The van der Waals surface area contributed by atoms with Crippen LogP contribution in [0.1, 0.15) is 37.5 Å². The largest absolute Gasteiger partial charge is 0.465 e. The van der Waals surface area contributed by atoms with Crippen LogP contribution in [0.3, 0.4) is 0 Å². The maximum atomic E-state index is 12.6. The van der Waals surface area contributed by atoms with E-state index in [0.29, 0.717) is 17.1 Å². The molecule has 1 aromatic heterocycles. The predicted molar refractivity (Wildman–Crippen MR) is 112 cm³/mol. The van der Waals surface area contributed by atoms with Crippen LogP contribution in [0.4, 0.5) is 17.2 Å². The summed E-state index contributed by atoms with van der Waals surface area (Å²) < 4.78 is 4.78. The minimum atomic E-state index is -0.458. The van der Waals surface area contributed by atoms with Crippen LogP contribution >= 0.6 is 0 Å². The van der Waals surface area contributed by atoms with E-state index in [1.54, 1.807) is 36.4 Å². The summed E-state index contributed by atoms with van der Waals surface area (Å²) in [5, 5.41) is 14.0. The Balaban J connectivity index is 1.76. The number of ether oxygens (including phenoxy) is 1. The van der Waals surface area contributed by atoms with Crippen molar-refractivity contribution in [3.05, 3.63) is 76.5 Å². The molecule has 7 nitrogen and oxygen atoms in total. The standard InChI is InChI=1S/C22H22N4O3/c1-13-11-14(2)20(15(3)12-13)24-21(27)18-9-10-19(26-25-18)23-17-8-6-5-7-16(17)22(28)29-4/h5-12H,1-4H3,(H,23,26)(H,24,27). The van der Waals surface area contributed by atoms with Crippen LogP contribution in [0.5, 0.6) is 0 Å². The smallest absolute Gasteiger partial charge is 0.339 e. The van der Waals surface area contributed by atoms with Gasteiger partial charge in [0.15, 0.2) is 11.5 Å². The molecule has 0 aliphatic carbocycles. The molecule has 3 rings (SSSR count). The van der Waals surface area contributed by atoms with Gasteiger partial charge in [0.1, 0.15) is 0 Å². The van der Waals surface area contributed by atoms with Gasteiger partial charge in [-0.25, -0.2) is 4.79 Å². The fourth-order valence-corrected chi connectivity index (χ4v) is 3.09. The van der Waals surface area contributed by atoms with Crippen LogP contribution in [-0.2, 0) is 4.74 Å². The summed E-state index contributed by atoms with van der Waals surface area (Å²) in [5.41, 5.74) is 5.00. The van der Waals surface area contributed by atoms with Gasteiger partial charge in [-0.3, -0.25) is 4.79 Å². The zero-order valence-corrected chi connectivity index (χ0v) is 16.7. The fourth-order valence-electron chi connectivity index (χ4n) is 3.09. The van der Waals surface area contributed by atoms with Gasteiger partial charge in [0.25, 0.3) is 5.91 Å². The molecule has 0 fully saturated rings. The highest BCUT2D eigenvalue weighted by Gasteiger charge is 2.14. The zero-order chi connectivity index (χ0) is 21.0. The van der Waals surface area contributed by atoms with Gasteiger partial charge in [0, 0.05) is 5.69 Å². The maximum Gasteiger partial charge on any atom is 0.339 e. The first-order chi connectivity index (χ1) is 13.9. The quantitative estimate of drug-likeness (QED) is 0.635. The molecule has 0 saturated carbocycles. The molecule has 2 N–H and O–H groups in total. The summed E-state index contributed by atoms with van der Waals surface area (Å²) in [6.07, 6.45) is 0. The number of carbonyl (C=O) groups excluding carboxylic acids is 2. The van der Waals surface area contributed by atoms with Crippen LogP contribution in [0.25, 0.3) is 0 Å². The zero-order valence-electron chi connectivity index (χ0n) is 16.7. The summed E-state index contributed by atoms with van der Waals surface area (Å²) in [5.74, 6) is -0.393. The lowest BCUT2D eigenvalue weighted by molar-refractivity contribution is 0.0601. The minimum absolute atomic E-state index is 0.191. The van der Waals surface area contributed by atoms with E-state index in [1.807, 2.05) is 32.9 Å². The molecule has 2 aromatic carbocycles. The van der Waals surface area contributed by atoms with Gasteiger partial charge in [-0.15, -0.1) is 10.2 Å². The molecule has 0 spiro atoms. The molecule has 0 aliphatic rings. The highest BCUT2D eigenvalue weighted by molar-refractivity contribution is 6.03. The molecular weight excluding hydrogens is 368 g/mol. The minimum Gasteiger partial charge on any atom is -0.465 e. The number of methoxy groups -OCH3 is 1. The Bertz CT molecular complexity index is 1040. The second kappa shape index (κ2) is 8.52. The number of hydrogen-bond acceptors (Lipinski definition) is 6. The monoisotopic (exact) mass is 390 g/mol. The fraction of sp³-hybridized carbons (Fsp3) is 0.182. The summed E-state index contributed by atoms with van der Waals surface area (Å²) in [6, 6.07) is 14.1. The van der Waals surface area contributed by atoms with Crippen molar-refractivity contribution in [1.82, 2.24) is 10.2 Å². The van der Waals surface area contributed by atoms with Gasteiger partial charge in [-0.2, -0.15) is 0 Å². The Morgan fingerprint density at radius 2 is 1.62 bits per heavy atom. The second-order valence-electron chi connectivity index (χ2n) is 6.69. The van der Waals surface area contributed by atoms with Gasteiger partial charge in [-0.05, 0) is 56.2 Å². The number of nitrogens with one attached hydrogen (secondary N) is 2. The molecule has 3 aromatic rings. The molecule has 0 bridgehead atoms. The lowest BCUT2D eigenvalue weighted by Gasteiger charge is -2.13. The SMILES string of the molecule is COC(=O)c1ccccc1Nc1ccc(C(=O)Nc2c(C)cc(C)cc2C)nn1. The Hall–Kier alpha value is -3.74. The molecular formula is C22H22N4O3. The average Bonchev–Trinajstić information content (AvgIpc) is 2.71. The first-order valence-corrected chi connectivity index (χ1v) is 9.06. The second-order valence-corrected chi connectivity index (χ2v) is 6.69. The van der Waals surface area contributed by atoms with Crippen molar-refractivity contribution in [1.29, 1.82) is 0 Å². The average molecular weight is 390 g/mol. The number of nitrogens with zero attached hydrogens (tertiary/aromatic N) is 2. The molecule has 148 valence electrons. The molecule has 1 heterocycles. The van der Waals surface area contributed by atoms with Crippen molar-refractivity contribution >= 4 is 29.1 Å². The van der Waals surface area contributed by atoms with E-state index in [4.69, 9.17) is 4.74 Å². The first kappa shape index (κ1) is 20.0. The summed E-state index contributed by atoms with van der Waals surface area (Å²) >= 11 is 0. The number of amides is 1. The van der Waals surface area contributed by atoms with Gasteiger partial charge < -0.3 is 15.4 Å². The van der Waals surface area contributed by atoms with Crippen LogP contribution in [0, 0.1) is 20.8 Å². The number of para-hydroxylation sites is 1. The topological polar surface area (TPSA) is 93.2 Å². The summed E-state index contributed by atoms with van der Waals surface area (Å²) in [7, 11) is 1.32. The normalized spacial score (nSPS) is 10.3. The summed E-state index contributed by atoms with van der Waals surface area (Å²) in [4.78, 5) is 24.4. The van der Waals surface area contributed by atoms with Crippen LogP contribution in [0.15, 0.2) is 48.5 Å². The summed E-state index contributed by atoms with van der Waals surface area (Å²) in [6.45, 7) is 5.92. The van der Waals surface area contributed by atoms with Crippen molar-refractivity contribution in [2.24, 2.45) is 0 Å². The Morgan fingerprint density at radius 3 is 2.24 bits per heavy atom. The number of rotatable bonds is 5. The predicted octanol–water partition coefficient (Wildman–Crippen LogP) is 4.18. The molecule has 0 atom stereocenters. The number of anilines is 3. The van der Waals surface area contributed by atoms with E-state index < -0.39 is 5.97 Å². The van der Waals surface area contributed by atoms with E-state index in [1.165, 1.54) is 7.11 Å². The van der Waals surface area contributed by atoms with Crippen molar-refractivity contribution in [2.45, 2.75) is 20.8 Å². The van der Waals surface area contributed by atoms with E-state index >= 15 is 0 Å². The number of benzene rings is 2. The number of aryl methyl sites for hydroxylation is 3. The molecule has 0 aliphatic heterocycles. The number of aromatic nitrogens is 2. The van der Waals surface area contributed by atoms with E-state index in [9.17, 15) is 9.59 Å². The van der Waals surface area contributed by atoms with Gasteiger partial charge in [0.05, 0.1) is 18.4 Å². The third kappa shape index (κ3) is 4.57. The van der Waals surface area contributed by atoms with Crippen LogP contribution < -0.4 is 10.6 Å². The van der Waals surface area contributed by atoms with Crippen LogP contribution in [0.2, 0.25) is 0 Å². The van der Waals surface area contributed by atoms with Gasteiger partial charge in [-0.1, -0.05) is 29.8 Å². The van der Waals surface area contributed by atoms with Gasteiger partial charge >= 0.3 is 5.97 Å². The number of esters is 1. The first-order valence-electron chi connectivity index (χ1n) is 9.06. The third-order valence-corrected chi connectivity index (χ3v) is 4.41. The molecule has 0 unspecified atom stereocenters. The molecule has 1 amide bonds. The lowest BCUT2D eigenvalue weighted by atomic mass is 10.1. The Labute approximate surface area is 169 Å². The molecule has 7 heteroatoms. The number of carbonyl (C=O) groups is 2. The van der Waals surface area contributed by atoms with Crippen molar-refractivity contribution < 1.29 is 14.3 Å². The third-order valence-electron chi connectivity index (χ3n) is 4.41. The van der Waals surface area contributed by atoms with E-state index in [2.05, 4.69) is 20.8 Å². The Morgan fingerprint density at radius 1 is 0.931 bits per heavy atom. The maximum absolute atomic E-state index is 12.6. The molecule has 29 heavy (non-hydrogen) atoms. The van der Waals surface area contributed by atoms with E-state index in [0.717, 1.165) is 22.4 Å². The highest BCUT2D eigenvalue weighted by atomic mass is 16.5.